The number of unbranched alkanes of at least 4 members (excludes halogenated alkanes) is 32. The van der Waals surface area contributed by atoms with E-state index in [1.54, 1.807) is 0 Å². The van der Waals surface area contributed by atoms with E-state index in [4.69, 9.17) is 0 Å². The molecule has 2 unspecified atom stereocenters. The van der Waals surface area contributed by atoms with Gasteiger partial charge in [-0.3, -0.25) is 0 Å². The Hall–Kier alpha value is -0.0800. The van der Waals surface area contributed by atoms with Gasteiger partial charge in [0.1, 0.15) is 0 Å². The van der Waals surface area contributed by atoms with Crippen molar-refractivity contribution in [2.45, 2.75) is 245 Å². The van der Waals surface area contributed by atoms with Crippen LogP contribution in [0.5, 0.6) is 0 Å². The van der Waals surface area contributed by atoms with Crippen LogP contribution in [0, 0.1) is 11.8 Å². The van der Waals surface area contributed by atoms with Crippen LogP contribution < -0.4 is 0 Å². The van der Waals surface area contributed by atoms with Gasteiger partial charge in [0.15, 0.2) is 0 Å². The Morgan fingerprint density at radius 1 is 0.250 bits per heavy atom. The molecule has 44 heavy (non-hydrogen) atoms. The molecule has 2 N–H and O–H groups in total. The molecule has 266 valence electrons. The highest BCUT2D eigenvalue weighted by Gasteiger charge is 2.19. The lowest BCUT2D eigenvalue weighted by Crippen LogP contribution is -2.22. The Kier molecular flexibility index (Phi) is 39.0. The van der Waals surface area contributed by atoms with E-state index in [-0.39, 0.29) is 13.2 Å². The van der Waals surface area contributed by atoms with Gasteiger partial charge in [-0.05, 0) is 24.7 Å². The first-order valence-electron chi connectivity index (χ1n) is 21.0. The van der Waals surface area contributed by atoms with Gasteiger partial charge < -0.3 is 10.2 Å². The number of aliphatic hydroxyl groups is 2. The maximum atomic E-state index is 9.99. The van der Waals surface area contributed by atoms with Gasteiger partial charge in [0.25, 0.3) is 0 Å². The normalized spacial score (nSPS) is 13.1. The lowest BCUT2D eigenvalue weighted by molar-refractivity contribution is 0.104. The number of rotatable bonds is 39. The zero-order valence-corrected chi connectivity index (χ0v) is 30.9. The van der Waals surface area contributed by atoms with Crippen molar-refractivity contribution >= 4 is 0 Å². The van der Waals surface area contributed by atoms with Crippen LogP contribution in [-0.4, -0.2) is 23.4 Å². The van der Waals surface area contributed by atoms with Gasteiger partial charge in [0, 0.05) is 13.2 Å². The molecule has 0 aromatic carbocycles. The summed E-state index contributed by atoms with van der Waals surface area (Å²) < 4.78 is 0. The van der Waals surface area contributed by atoms with Crippen LogP contribution in [0.3, 0.4) is 0 Å². The molecule has 0 aliphatic heterocycles. The van der Waals surface area contributed by atoms with E-state index < -0.39 is 0 Å². The zero-order valence-electron chi connectivity index (χ0n) is 30.9. The molecule has 0 saturated carbocycles. The van der Waals surface area contributed by atoms with Crippen LogP contribution in [0.15, 0.2) is 0 Å². The maximum absolute atomic E-state index is 9.99. The highest BCUT2D eigenvalue weighted by molar-refractivity contribution is 4.70. The van der Waals surface area contributed by atoms with Crippen LogP contribution in [0.2, 0.25) is 0 Å². The molecule has 0 aromatic rings. The minimum atomic E-state index is 0.253. The molecule has 0 saturated heterocycles. The molecular formula is C42H86O2. The molecule has 2 nitrogen and oxygen atoms in total. The van der Waals surface area contributed by atoms with Crippen molar-refractivity contribution in [1.82, 2.24) is 0 Å². The summed E-state index contributed by atoms with van der Waals surface area (Å²) in [4.78, 5) is 0. The molecule has 0 heterocycles. The third kappa shape index (κ3) is 33.3. The van der Waals surface area contributed by atoms with Crippen molar-refractivity contribution in [2.75, 3.05) is 13.2 Å². The first-order chi connectivity index (χ1) is 21.8. The summed E-state index contributed by atoms with van der Waals surface area (Å²) >= 11 is 0. The second-order valence-corrected chi connectivity index (χ2v) is 14.8. The Morgan fingerprint density at radius 2 is 0.409 bits per heavy atom. The minimum Gasteiger partial charge on any atom is -0.396 e. The molecule has 0 fully saturated rings. The summed E-state index contributed by atoms with van der Waals surface area (Å²) in [7, 11) is 0. The van der Waals surface area contributed by atoms with Gasteiger partial charge in [-0.25, -0.2) is 0 Å². The van der Waals surface area contributed by atoms with Crippen molar-refractivity contribution in [3.05, 3.63) is 0 Å². The van der Waals surface area contributed by atoms with E-state index in [0.717, 1.165) is 12.8 Å². The predicted molar refractivity (Wildman–Crippen MR) is 199 cm³/mol. The third-order valence-corrected chi connectivity index (χ3v) is 10.5. The quantitative estimate of drug-likeness (QED) is 0.0669. The topological polar surface area (TPSA) is 40.5 Å². The van der Waals surface area contributed by atoms with E-state index in [2.05, 4.69) is 13.8 Å². The van der Waals surface area contributed by atoms with E-state index in [9.17, 15) is 10.2 Å². The Labute approximate surface area is 279 Å². The maximum Gasteiger partial charge on any atom is 0.0462 e. The average Bonchev–Trinajstić information content (AvgIpc) is 3.04. The second-order valence-electron chi connectivity index (χ2n) is 14.8. The number of hydrogen-bond donors (Lipinski definition) is 2. The average molecular weight is 623 g/mol. The largest absolute Gasteiger partial charge is 0.396 e. The smallest absolute Gasteiger partial charge is 0.0462 e. The van der Waals surface area contributed by atoms with Crippen molar-refractivity contribution in [1.29, 1.82) is 0 Å². The summed E-state index contributed by atoms with van der Waals surface area (Å²) in [5, 5.41) is 20.0. The molecule has 2 heteroatoms. The molecule has 0 aliphatic carbocycles. The number of aliphatic hydroxyl groups excluding tert-OH is 2. The Morgan fingerprint density at radius 3 is 0.568 bits per heavy atom. The lowest BCUT2D eigenvalue weighted by atomic mass is 9.85. The van der Waals surface area contributed by atoms with Crippen LogP contribution >= 0.6 is 0 Å². The molecule has 0 spiro atoms. The molecule has 2 atom stereocenters. The van der Waals surface area contributed by atoms with Crippen LogP contribution in [0.25, 0.3) is 0 Å². The first kappa shape index (κ1) is 43.9. The lowest BCUT2D eigenvalue weighted by Gasteiger charge is -2.24. The highest BCUT2D eigenvalue weighted by atomic mass is 16.3. The van der Waals surface area contributed by atoms with Gasteiger partial charge in [0.05, 0.1) is 0 Å². The van der Waals surface area contributed by atoms with Gasteiger partial charge in [-0.2, -0.15) is 0 Å². The molecule has 0 amide bonds. The fourth-order valence-electron chi connectivity index (χ4n) is 7.21. The zero-order chi connectivity index (χ0) is 32.0. The van der Waals surface area contributed by atoms with Crippen molar-refractivity contribution in [2.24, 2.45) is 11.8 Å². The highest BCUT2D eigenvalue weighted by Crippen LogP contribution is 2.25. The van der Waals surface area contributed by atoms with E-state index in [1.165, 1.54) is 218 Å². The third-order valence-electron chi connectivity index (χ3n) is 10.5. The van der Waals surface area contributed by atoms with Gasteiger partial charge >= 0.3 is 0 Å². The van der Waals surface area contributed by atoms with E-state index >= 15 is 0 Å². The van der Waals surface area contributed by atoms with Gasteiger partial charge in [-0.1, -0.05) is 232 Å². The Bertz CT molecular complexity index is 448. The SMILES string of the molecule is CCCCCCCCCCCCCCCCCCCC(CO)C(CO)CCCCCCCCCCCCCCCCCCC. The van der Waals surface area contributed by atoms with Crippen LogP contribution in [0.4, 0.5) is 0 Å². The Balaban J connectivity index is 3.48. The monoisotopic (exact) mass is 623 g/mol. The fraction of sp³-hybridized carbons (Fsp3) is 1.00. The summed E-state index contributed by atoms with van der Waals surface area (Å²) in [6, 6.07) is 0. The summed E-state index contributed by atoms with van der Waals surface area (Å²) in [5.74, 6) is 0.606. The minimum absolute atomic E-state index is 0.253. The number of hydrogen-bond acceptors (Lipinski definition) is 2. The standard InChI is InChI=1S/C42H86O2/c1-3-5-7-9-11-13-15-17-19-21-23-25-27-29-31-33-35-37-41(39-43)42(40-44)38-36-34-32-30-28-26-24-22-20-18-16-14-12-10-8-6-4-2/h41-44H,3-40H2,1-2H3. The molecule has 0 radical (unpaired) electrons. The van der Waals surface area contributed by atoms with Gasteiger partial charge in [-0.15, -0.1) is 0 Å². The first-order valence-corrected chi connectivity index (χ1v) is 21.0. The second kappa shape index (κ2) is 39.1. The predicted octanol–water partition coefficient (Wildman–Crippen LogP) is 14.3. The molecule has 0 bridgehead atoms. The van der Waals surface area contributed by atoms with Crippen LogP contribution in [-0.2, 0) is 0 Å². The fourth-order valence-corrected chi connectivity index (χ4v) is 7.21. The summed E-state index contributed by atoms with van der Waals surface area (Å²) in [5.41, 5.74) is 0. The van der Waals surface area contributed by atoms with Gasteiger partial charge in [0.2, 0.25) is 0 Å². The van der Waals surface area contributed by atoms with E-state index in [0.29, 0.717) is 11.8 Å². The molecule has 0 rings (SSSR count). The van der Waals surface area contributed by atoms with Crippen LogP contribution in [0.1, 0.15) is 245 Å². The van der Waals surface area contributed by atoms with E-state index in [1.807, 2.05) is 0 Å². The van der Waals surface area contributed by atoms with Crippen molar-refractivity contribution in [3.8, 4) is 0 Å². The molecule has 0 aromatic heterocycles. The van der Waals surface area contributed by atoms with Crippen molar-refractivity contribution < 1.29 is 10.2 Å². The molecular weight excluding hydrogens is 536 g/mol. The summed E-state index contributed by atoms with van der Waals surface area (Å²) in [6.45, 7) is 5.10. The molecule has 0 aliphatic rings. The van der Waals surface area contributed by atoms with Crippen molar-refractivity contribution in [3.63, 3.8) is 0 Å². The summed E-state index contributed by atoms with van der Waals surface area (Å²) in [6.07, 6.45) is 50.0.